The van der Waals surface area contributed by atoms with Crippen molar-refractivity contribution in [1.29, 1.82) is 0 Å². The third-order valence-corrected chi connectivity index (χ3v) is 3.00. The molecule has 4 heteroatoms. The lowest BCUT2D eigenvalue weighted by Gasteiger charge is -2.03. The van der Waals surface area contributed by atoms with Gasteiger partial charge in [0.15, 0.2) is 5.78 Å². The molecular formula is C12H10BrNO2. The molecule has 0 unspecified atom stereocenters. The van der Waals surface area contributed by atoms with Gasteiger partial charge in [-0.25, -0.2) is 0 Å². The molecule has 0 saturated heterocycles. The number of nitrogens with two attached hydrogens (primary N) is 1. The molecule has 2 aromatic rings. The first kappa shape index (κ1) is 11.0. The average Bonchev–Trinajstić information content (AvgIpc) is 2.63. The number of carbonyl (C=O) groups is 1. The van der Waals surface area contributed by atoms with Crippen molar-refractivity contribution in [2.24, 2.45) is 0 Å². The van der Waals surface area contributed by atoms with Crippen LogP contribution in [0.15, 0.2) is 39.4 Å². The maximum atomic E-state index is 12.1. The molecule has 0 aliphatic rings. The van der Waals surface area contributed by atoms with Crippen molar-refractivity contribution in [3.05, 3.63) is 51.9 Å². The van der Waals surface area contributed by atoms with Gasteiger partial charge in [0.05, 0.1) is 11.8 Å². The molecule has 0 bridgehead atoms. The van der Waals surface area contributed by atoms with Crippen molar-refractivity contribution in [2.75, 3.05) is 5.73 Å². The van der Waals surface area contributed by atoms with Crippen LogP contribution < -0.4 is 5.73 Å². The predicted molar refractivity (Wildman–Crippen MR) is 65.4 cm³/mol. The lowest BCUT2D eigenvalue weighted by atomic mass is 10.0. The van der Waals surface area contributed by atoms with Crippen LogP contribution in [0.25, 0.3) is 0 Å². The van der Waals surface area contributed by atoms with Crippen LogP contribution in [-0.2, 0) is 0 Å². The number of furan rings is 1. The third kappa shape index (κ3) is 1.88. The Balaban J connectivity index is 2.46. The van der Waals surface area contributed by atoms with Crippen molar-refractivity contribution in [2.45, 2.75) is 6.92 Å². The fourth-order valence-electron chi connectivity index (χ4n) is 1.48. The SMILES string of the molecule is Cc1occc1C(=O)c1ccc(N)cc1Br. The van der Waals surface area contributed by atoms with Gasteiger partial charge in [-0.15, -0.1) is 0 Å². The van der Waals surface area contributed by atoms with Gasteiger partial charge in [0.2, 0.25) is 0 Å². The van der Waals surface area contributed by atoms with E-state index >= 15 is 0 Å². The molecule has 0 amide bonds. The number of anilines is 1. The van der Waals surface area contributed by atoms with Crippen LogP contribution in [0.4, 0.5) is 5.69 Å². The van der Waals surface area contributed by atoms with E-state index in [4.69, 9.17) is 10.2 Å². The Labute approximate surface area is 101 Å². The van der Waals surface area contributed by atoms with Crippen LogP contribution in [0, 0.1) is 6.92 Å². The number of hydrogen-bond donors (Lipinski definition) is 1. The summed E-state index contributed by atoms with van der Waals surface area (Å²) in [7, 11) is 0. The Hall–Kier alpha value is -1.55. The second kappa shape index (κ2) is 4.14. The van der Waals surface area contributed by atoms with E-state index in [0.29, 0.717) is 27.0 Å². The molecule has 16 heavy (non-hydrogen) atoms. The van der Waals surface area contributed by atoms with Gasteiger partial charge in [-0.1, -0.05) is 0 Å². The molecule has 0 fully saturated rings. The molecule has 0 radical (unpaired) electrons. The smallest absolute Gasteiger partial charge is 0.197 e. The summed E-state index contributed by atoms with van der Waals surface area (Å²) in [5.41, 5.74) is 7.39. The van der Waals surface area contributed by atoms with E-state index in [0.717, 1.165) is 0 Å². The molecule has 0 aliphatic heterocycles. The van der Waals surface area contributed by atoms with Gasteiger partial charge in [0.1, 0.15) is 5.76 Å². The molecule has 0 spiro atoms. The van der Waals surface area contributed by atoms with Crippen LogP contribution >= 0.6 is 15.9 Å². The minimum Gasteiger partial charge on any atom is -0.469 e. The first-order valence-corrected chi connectivity index (χ1v) is 5.52. The van der Waals surface area contributed by atoms with E-state index in [1.165, 1.54) is 6.26 Å². The quantitative estimate of drug-likeness (QED) is 0.679. The molecule has 1 aromatic heterocycles. The highest BCUT2D eigenvalue weighted by Crippen LogP contribution is 2.24. The summed E-state index contributed by atoms with van der Waals surface area (Å²) < 4.78 is 5.80. The predicted octanol–water partition coefficient (Wildman–Crippen LogP) is 3.16. The van der Waals surface area contributed by atoms with Crippen molar-refractivity contribution in [3.8, 4) is 0 Å². The third-order valence-electron chi connectivity index (χ3n) is 2.34. The van der Waals surface area contributed by atoms with Gasteiger partial charge < -0.3 is 10.2 Å². The standard InChI is InChI=1S/C12H10BrNO2/c1-7-9(4-5-16-7)12(15)10-3-2-8(14)6-11(10)13/h2-6H,14H2,1H3. The van der Waals surface area contributed by atoms with E-state index in [2.05, 4.69) is 15.9 Å². The highest BCUT2D eigenvalue weighted by atomic mass is 79.9. The number of ketones is 1. The Kier molecular flexibility index (Phi) is 2.83. The molecular weight excluding hydrogens is 270 g/mol. The topological polar surface area (TPSA) is 56.2 Å². The van der Waals surface area contributed by atoms with Crippen molar-refractivity contribution < 1.29 is 9.21 Å². The maximum absolute atomic E-state index is 12.1. The lowest BCUT2D eigenvalue weighted by Crippen LogP contribution is -2.03. The maximum Gasteiger partial charge on any atom is 0.197 e. The monoisotopic (exact) mass is 279 g/mol. The zero-order valence-electron chi connectivity index (χ0n) is 8.66. The van der Waals surface area contributed by atoms with E-state index < -0.39 is 0 Å². The van der Waals surface area contributed by atoms with Crippen LogP contribution in [0.1, 0.15) is 21.7 Å². The summed E-state index contributed by atoms with van der Waals surface area (Å²) in [5.74, 6) is 0.548. The summed E-state index contributed by atoms with van der Waals surface area (Å²) in [5, 5.41) is 0. The van der Waals surface area contributed by atoms with E-state index in [9.17, 15) is 4.79 Å². The zero-order valence-corrected chi connectivity index (χ0v) is 10.2. The number of rotatable bonds is 2. The van der Waals surface area contributed by atoms with Crippen LogP contribution in [0.3, 0.4) is 0 Å². The zero-order chi connectivity index (χ0) is 11.7. The number of halogens is 1. The number of nitrogen functional groups attached to an aromatic ring is 1. The van der Waals surface area contributed by atoms with Crippen molar-refractivity contribution in [3.63, 3.8) is 0 Å². The molecule has 2 N–H and O–H groups in total. The summed E-state index contributed by atoms with van der Waals surface area (Å²) >= 11 is 3.33. The Morgan fingerprint density at radius 2 is 2.06 bits per heavy atom. The Bertz CT molecular complexity index is 546. The molecule has 1 heterocycles. The molecule has 0 aliphatic carbocycles. The number of aryl methyl sites for hydroxylation is 1. The van der Waals surface area contributed by atoms with Gasteiger partial charge in [-0.2, -0.15) is 0 Å². The summed E-state index contributed by atoms with van der Waals surface area (Å²) in [6, 6.07) is 6.78. The first-order chi connectivity index (χ1) is 7.59. The largest absolute Gasteiger partial charge is 0.469 e. The summed E-state index contributed by atoms with van der Waals surface area (Å²) in [4.78, 5) is 12.1. The second-order valence-corrected chi connectivity index (χ2v) is 4.31. The van der Waals surface area contributed by atoms with Crippen LogP contribution in [0.5, 0.6) is 0 Å². The Morgan fingerprint density at radius 3 is 2.62 bits per heavy atom. The van der Waals surface area contributed by atoms with Crippen molar-refractivity contribution in [1.82, 2.24) is 0 Å². The normalized spacial score (nSPS) is 10.4. The van der Waals surface area contributed by atoms with Gasteiger partial charge in [0.25, 0.3) is 0 Å². The number of carbonyl (C=O) groups excluding carboxylic acids is 1. The van der Waals surface area contributed by atoms with E-state index in [1.807, 2.05) is 0 Å². The average molecular weight is 280 g/mol. The highest BCUT2D eigenvalue weighted by molar-refractivity contribution is 9.10. The number of benzene rings is 1. The van der Waals surface area contributed by atoms with Crippen LogP contribution in [-0.4, -0.2) is 5.78 Å². The van der Waals surface area contributed by atoms with E-state index in [1.54, 1.807) is 31.2 Å². The summed E-state index contributed by atoms with van der Waals surface area (Å²) in [6.07, 6.45) is 1.51. The van der Waals surface area contributed by atoms with Gasteiger partial charge in [0, 0.05) is 15.7 Å². The van der Waals surface area contributed by atoms with Gasteiger partial charge in [-0.05, 0) is 47.1 Å². The molecule has 2 rings (SSSR count). The fraction of sp³-hybridized carbons (Fsp3) is 0.0833. The highest BCUT2D eigenvalue weighted by Gasteiger charge is 2.16. The van der Waals surface area contributed by atoms with E-state index in [-0.39, 0.29) is 5.78 Å². The minimum absolute atomic E-state index is 0.0712. The second-order valence-electron chi connectivity index (χ2n) is 3.46. The molecule has 0 atom stereocenters. The fourth-order valence-corrected chi connectivity index (χ4v) is 2.06. The summed E-state index contributed by atoms with van der Waals surface area (Å²) in [6.45, 7) is 1.76. The molecule has 1 aromatic carbocycles. The number of hydrogen-bond acceptors (Lipinski definition) is 3. The van der Waals surface area contributed by atoms with Crippen LogP contribution in [0.2, 0.25) is 0 Å². The van der Waals surface area contributed by atoms with Crippen molar-refractivity contribution >= 4 is 27.4 Å². The Morgan fingerprint density at radius 1 is 1.31 bits per heavy atom. The van der Waals surface area contributed by atoms with Gasteiger partial charge >= 0.3 is 0 Å². The molecule has 0 saturated carbocycles. The van der Waals surface area contributed by atoms with Gasteiger partial charge in [-0.3, -0.25) is 4.79 Å². The first-order valence-electron chi connectivity index (χ1n) is 4.73. The lowest BCUT2D eigenvalue weighted by molar-refractivity contribution is 0.103. The molecule has 3 nitrogen and oxygen atoms in total. The molecule has 82 valence electrons. The minimum atomic E-state index is -0.0712.